The van der Waals surface area contributed by atoms with Crippen LogP contribution in [-0.4, -0.2) is 15.9 Å². The van der Waals surface area contributed by atoms with Gasteiger partial charge in [0.25, 0.3) is 0 Å². The summed E-state index contributed by atoms with van der Waals surface area (Å²) in [5.74, 6) is 0.936. The maximum atomic E-state index is 3.67. The molecule has 0 aliphatic heterocycles. The molecule has 0 bridgehead atoms. The Hall–Kier alpha value is -0.763. The average Bonchev–Trinajstić information content (AvgIpc) is 2.31. The first-order valence-corrected chi connectivity index (χ1v) is 7.33. The van der Waals surface area contributed by atoms with Gasteiger partial charge in [-0.3, -0.25) is 0 Å². The first kappa shape index (κ1) is 10.7. The topological polar surface area (TPSA) is 12.0 Å². The minimum absolute atomic E-state index is 0.757. The van der Waals surface area contributed by atoms with Gasteiger partial charge in [-0.2, -0.15) is 0 Å². The molecule has 1 aromatic carbocycles. The van der Waals surface area contributed by atoms with Crippen LogP contribution in [0, 0.1) is 5.92 Å². The number of hydrogen-bond donors (Lipinski definition) is 1. The van der Waals surface area contributed by atoms with Crippen molar-refractivity contribution in [3.05, 3.63) is 30.3 Å². The van der Waals surface area contributed by atoms with Crippen LogP contribution in [0.1, 0.15) is 32.1 Å². The van der Waals surface area contributed by atoms with Crippen molar-refractivity contribution >= 4 is 15.9 Å². The number of nitrogens with one attached hydrogen (secondary N) is 1. The van der Waals surface area contributed by atoms with Gasteiger partial charge in [0.1, 0.15) is 0 Å². The standard InChI is InChI=1S/C13H21NSi/c15-13(11-7-3-1-4-8-11)14-12-9-5-2-6-10-12/h2,5-6,9-11,13-14H,1,3-4,7-8H2,15H3. The zero-order valence-electron chi connectivity index (χ0n) is 9.58. The van der Waals surface area contributed by atoms with Gasteiger partial charge in [-0.15, -0.1) is 0 Å². The second kappa shape index (κ2) is 5.36. The van der Waals surface area contributed by atoms with Gasteiger partial charge in [-0.05, 0) is 30.9 Å². The maximum Gasteiger partial charge on any atom is 0.0339 e. The summed E-state index contributed by atoms with van der Waals surface area (Å²) in [6, 6.07) is 10.6. The Bertz CT molecular complexity index is 280. The van der Waals surface area contributed by atoms with Crippen molar-refractivity contribution in [3.8, 4) is 0 Å². The number of benzene rings is 1. The molecule has 0 amide bonds. The van der Waals surface area contributed by atoms with Crippen LogP contribution in [-0.2, 0) is 0 Å². The highest BCUT2D eigenvalue weighted by Gasteiger charge is 2.19. The van der Waals surface area contributed by atoms with E-state index >= 15 is 0 Å². The van der Waals surface area contributed by atoms with Crippen molar-refractivity contribution in [1.29, 1.82) is 0 Å². The molecular weight excluding hydrogens is 198 g/mol. The van der Waals surface area contributed by atoms with Gasteiger partial charge in [0.05, 0.1) is 0 Å². The van der Waals surface area contributed by atoms with E-state index in [1.165, 1.54) is 48.0 Å². The Morgan fingerprint density at radius 3 is 2.40 bits per heavy atom. The van der Waals surface area contributed by atoms with Crippen LogP contribution in [0.5, 0.6) is 0 Å². The van der Waals surface area contributed by atoms with Crippen molar-refractivity contribution in [2.24, 2.45) is 5.92 Å². The SMILES string of the molecule is [SiH3]C(Nc1ccccc1)C1CCCCC1. The lowest BCUT2D eigenvalue weighted by Crippen LogP contribution is -2.30. The van der Waals surface area contributed by atoms with E-state index < -0.39 is 0 Å². The number of anilines is 1. The third-order valence-electron chi connectivity index (χ3n) is 3.53. The van der Waals surface area contributed by atoms with Crippen LogP contribution in [0.3, 0.4) is 0 Å². The van der Waals surface area contributed by atoms with Crippen LogP contribution < -0.4 is 5.32 Å². The molecule has 0 saturated heterocycles. The van der Waals surface area contributed by atoms with E-state index in [2.05, 4.69) is 35.6 Å². The smallest absolute Gasteiger partial charge is 0.0339 e. The van der Waals surface area contributed by atoms with E-state index in [1.54, 1.807) is 0 Å². The predicted octanol–water partition coefficient (Wildman–Crippen LogP) is 2.37. The molecule has 1 aliphatic rings. The van der Waals surface area contributed by atoms with Gasteiger partial charge in [0, 0.05) is 21.6 Å². The van der Waals surface area contributed by atoms with Gasteiger partial charge in [-0.25, -0.2) is 0 Å². The van der Waals surface area contributed by atoms with Gasteiger partial charge in [0.2, 0.25) is 0 Å². The van der Waals surface area contributed by atoms with Gasteiger partial charge in [-0.1, -0.05) is 37.5 Å². The summed E-state index contributed by atoms with van der Waals surface area (Å²) in [4.78, 5) is 0. The Balaban J connectivity index is 1.88. The molecule has 0 spiro atoms. The third-order valence-corrected chi connectivity index (χ3v) is 4.76. The summed E-state index contributed by atoms with van der Waals surface area (Å²) in [6.45, 7) is 0. The highest BCUT2D eigenvalue weighted by molar-refractivity contribution is 6.13. The Morgan fingerprint density at radius 1 is 1.07 bits per heavy atom. The molecule has 2 heteroatoms. The second-order valence-electron chi connectivity index (χ2n) is 4.70. The molecule has 1 aliphatic carbocycles. The maximum absolute atomic E-state index is 3.67. The molecule has 1 saturated carbocycles. The van der Waals surface area contributed by atoms with Crippen molar-refractivity contribution in [2.75, 3.05) is 5.32 Å². The van der Waals surface area contributed by atoms with Crippen LogP contribution in [0.4, 0.5) is 5.69 Å². The van der Waals surface area contributed by atoms with E-state index in [0.29, 0.717) is 0 Å². The zero-order valence-corrected chi connectivity index (χ0v) is 11.6. The fourth-order valence-corrected chi connectivity index (χ4v) is 3.55. The monoisotopic (exact) mass is 219 g/mol. The minimum atomic E-state index is 0.757. The largest absolute Gasteiger partial charge is 0.386 e. The van der Waals surface area contributed by atoms with Gasteiger partial charge >= 0.3 is 0 Å². The molecule has 1 N–H and O–H groups in total. The Kier molecular flexibility index (Phi) is 3.84. The first-order chi connectivity index (χ1) is 7.36. The van der Waals surface area contributed by atoms with Crippen LogP contribution in [0.25, 0.3) is 0 Å². The second-order valence-corrected chi connectivity index (χ2v) is 5.94. The highest BCUT2D eigenvalue weighted by Crippen LogP contribution is 2.26. The molecule has 15 heavy (non-hydrogen) atoms. The lowest BCUT2D eigenvalue weighted by atomic mass is 9.89. The molecule has 0 heterocycles. The highest BCUT2D eigenvalue weighted by atomic mass is 28.1. The number of hydrogen-bond acceptors (Lipinski definition) is 1. The van der Waals surface area contributed by atoms with Crippen molar-refractivity contribution in [1.82, 2.24) is 0 Å². The lowest BCUT2D eigenvalue weighted by molar-refractivity contribution is 0.357. The van der Waals surface area contributed by atoms with Crippen LogP contribution in [0.2, 0.25) is 0 Å². The number of rotatable bonds is 3. The molecule has 1 atom stereocenters. The minimum Gasteiger partial charge on any atom is -0.386 e. The van der Waals surface area contributed by atoms with E-state index in [-0.39, 0.29) is 0 Å². The van der Waals surface area contributed by atoms with Crippen molar-refractivity contribution < 1.29 is 0 Å². The van der Waals surface area contributed by atoms with E-state index in [9.17, 15) is 0 Å². The molecule has 1 fully saturated rings. The normalized spacial score (nSPS) is 20.0. The molecule has 2 rings (SSSR count). The lowest BCUT2D eigenvalue weighted by Gasteiger charge is -2.29. The van der Waals surface area contributed by atoms with Crippen LogP contribution >= 0.6 is 0 Å². The summed E-state index contributed by atoms with van der Waals surface area (Å²) < 4.78 is 0. The molecule has 1 aromatic rings. The van der Waals surface area contributed by atoms with E-state index in [4.69, 9.17) is 0 Å². The molecular formula is C13H21NSi. The summed E-state index contributed by atoms with van der Waals surface area (Å²) in [5.41, 5.74) is 2.05. The molecule has 0 aromatic heterocycles. The average molecular weight is 219 g/mol. The molecule has 1 nitrogen and oxygen atoms in total. The Labute approximate surface area is 95.7 Å². The van der Waals surface area contributed by atoms with Gasteiger partial charge < -0.3 is 5.32 Å². The van der Waals surface area contributed by atoms with Crippen molar-refractivity contribution in [3.63, 3.8) is 0 Å². The van der Waals surface area contributed by atoms with Gasteiger partial charge in [0.15, 0.2) is 0 Å². The molecule has 1 unspecified atom stereocenters. The van der Waals surface area contributed by atoms with Crippen molar-refractivity contribution in [2.45, 2.75) is 37.8 Å². The van der Waals surface area contributed by atoms with E-state index in [1.807, 2.05) is 0 Å². The predicted molar refractivity (Wildman–Crippen MR) is 70.4 cm³/mol. The molecule has 0 radical (unpaired) electrons. The molecule has 82 valence electrons. The summed E-state index contributed by atoms with van der Waals surface area (Å²) in [6.07, 6.45) is 7.22. The fourth-order valence-electron chi connectivity index (χ4n) is 2.55. The van der Waals surface area contributed by atoms with Crippen LogP contribution in [0.15, 0.2) is 30.3 Å². The fraction of sp³-hybridized carbons (Fsp3) is 0.538. The number of para-hydroxylation sites is 1. The summed E-state index contributed by atoms with van der Waals surface area (Å²) in [7, 11) is 1.25. The zero-order chi connectivity index (χ0) is 10.5. The van der Waals surface area contributed by atoms with E-state index in [0.717, 1.165) is 11.6 Å². The first-order valence-electron chi connectivity index (χ1n) is 6.18. The summed E-state index contributed by atoms with van der Waals surface area (Å²) >= 11 is 0. The third kappa shape index (κ3) is 3.10. The quantitative estimate of drug-likeness (QED) is 0.770. The Morgan fingerprint density at radius 2 is 1.73 bits per heavy atom. The summed E-state index contributed by atoms with van der Waals surface area (Å²) in [5, 5.41) is 3.67.